The number of carbonyl (C=O) groups is 1. The molecule has 2 N–H and O–H groups in total. The van der Waals surface area contributed by atoms with Crippen molar-refractivity contribution in [2.24, 2.45) is 0 Å². The van der Waals surface area contributed by atoms with Crippen LogP contribution < -0.4 is 5.32 Å². The van der Waals surface area contributed by atoms with Crippen molar-refractivity contribution in [3.63, 3.8) is 0 Å². The highest BCUT2D eigenvalue weighted by atomic mass is 16.2. The van der Waals surface area contributed by atoms with Crippen LogP contribution in [0.5, 0.6) is 0 Å². The average Bonchev–Trinajstić information content (AvgIpc) is 2.82. The maximum Gasteiger partial charge on any atom is 0.317 e. The van der Waals surface area contributed by atoms with Crippen molar-refractivity contribution in [3.8, 4) is 0 Å². The highest BCUT2D eigenvalue weighted by Gasteiger charge is 2.08. The van der Waals surface area contributed by atoms with Gasteiger partial charge in [-0.3, -0.25) is 0 Å². The number of benzene rings is 1. The molecule has 0 saturated heterocycles. The molecule has 0 unspecified atom stereocenters. The van der Waals surface area contributed by atoms with Crippen molar-refractivity contribution in [3.05, 3.63) is 30.1 Å². The molecule has 5 nitrogen and oxygen atoms in total. The standard InChI is InChI=1S/C14H20N4O/c1-3-18(4-2)14(19)15-10-9-13-16-11-7-5-6-8-12(11)17-13/h5-8H,3-4,9-10H2,1-2H3,(H,15,19)(H,16,17). The van der Waals surface area contributed by atoms with Gasteiger partial charge in [0, 0.05) is 26.1 Å². The monoisotopic (exact) mass is 260 g/mol. The van der Waals surface area contributed by atoms with E-state index in [-0.39, 0.29) is 6.03 Å². The van der Waals surface area contributed by atoms with Gasteiger partial charge in [-0.05, 0) is 26.0 Å². The van der Waals surface area contributed by atoms with E-state index in [1.165, 1.54) is 0 Å². The number of rotatable bonds is 5. The molecule has 0 atom stereocenters. The minimum atomic E-state index is -0.0129. The molecule has 2 rings (SSSR count). The third kappa shape index (κ3) is 3.24. The first-order valence-corrected chi connectivity index (χ1v) is 6.71. The van der Waals surface area contributed by atoms with Gasteiger partial charge in [0.25, 0.3) is 0 Å². The van der Waals surface area contributed by atoms with Gasteiger partial charge in [0.15, 0.2) is 0 Å². The van der Waals surface area contributed by atoms with Crippen molar-refractivity contribution in [1.29, 1.82) is 0 Å². The van der Waals surface area contributed by atoms with Crippen LogP contribution in [0.4, 0.5) is 4.79 Å². The van der Waals surface area contributed by atoms with E-state index >= 15 is 0 Å². The minimum Gasteiger partial charge on any atom is -0.342 e. The van der Waals surface area contributed by atoms with E-state index in [1.54, 1.807) is 4.90 Å². The van der Waals surface area contributed by atoms with Crippen LogP contribution >= 0.6 is 0 Å². The van der Waals surface area contributed by atoms with Gasteiger partial charge >= 0.3 is 6.03 Å². The summed E-state index contributed by atoms with van der Waals surface area (Å²) in [6.45, 7) is 6.00. The summed E-state index contributed by atoms with van der Waals surface area (Å²) in [6.07, 6.45) is 0.710. The molecule has 0 aliphatic carbocycles. The highest BCUT2D eigenvalue weighted by Crippen LogP contribution is 2.10. The van der Waals surface area contributed by atoms with Crippen LogP contribution in [0, 0.1) is 0 Å². The van der Waals surface area contributed by atoms with Gasteiger partial charge in [-0.2, -0.15) is 0 Å². The predicted molar refractivity (Wildman–Crippen MR) is 76.1 cm³/mol. The van der Waals surface area contributed by atoms with E-state index in [0.29, 0.717) is 13.0 Å². The first kappa shape index (κ1) is 13.4. The van der Waals surface area contributed by atoms with Crippen LogP contribution in [0.1, 0.15) is 19.7 Å². The first-order chi connectivity index (χ1) is 9.24. The Labute approximate surface area is 113 Å². The molecule has 2 aromatic rings. The summed E-state index contributed by atoms with van der Waals surface area (Å²) in [6, 6.07) is 7.91. The molecule has 0 spiro atoms. The van der Waals surface area contributed by atoms with Gasteiger partial charge < -0.3 is 15.2 Å². The molecule has 0 bridgehead atoms. The van der Waals surface area contributed by atoms with E-state index in [2.05, 4.69) is 15.3 Å². The summed E-state index contributed by atoms with van der Waals surface area (Å²) < 4.78 is 0. The van der Waals surface area contributed by atoms with Crippen molar-refractivity contribution >= 4 is 17.1 Å². The lowest BCUT2D eigenvalue weighted by molar-refractivity contribution is 0.203. The maximum atomic E-state index is 11.8. The number of amides is 2. The van der Waals surface area contributed by atoms with Gasteiger partial charge in [0.1, 0.15) is 5.82 Å². The topological polar surface area (TPSA) is 61.0 Å². The first-order valence-electron chi connectivity index (χ1n) is 6.71. The van der Waals surface area contributed by atoms with E-state index in [0.717, 1.165) is 29.9 Å². The van der Waals surface area contributed by atoms with Crippen LogP contribution in [0.3, 0.4) is 0 Å². The van der Waals surface area contributed by atoms with Crippen LogP contribution in [0.2, 0.25) is 0 Å². The Hall–Kier alpha value is -2.04. The Kier molecular flexibility index (Phi) is 4.39. The van der Waals surface area contributed by atoms with Gasteiger partial charge in [0.2, 0.25) is 0 Å². The maximum absolute atomic E-state index is 11.8. The van der Waals surface area contributed by atoms with Gasteiger partial charge in [-0.25, -0.2) is 9.78 Å². The largest absolute Gasteiger partial charge is 0.342 e. The van der Waals surface area contributed by atoms with Crippen molar-refractivity contribution in [2.75, 3.05) is 19.6 Å². The van der Waals surface area contributed by atoms with Gasteiger partial charge in [0.05, 0.1) is 11.0 Å². The quantitative estimate of drug-likeness (QED) is 0.865. The number of nitrogens with one attached hydrogen (secondary N) is 2. The molecular formula is C14H20N4O. The van der Waals surface area contributed by atoms with Crippen LogP contribution in [-0.4, -0.2) is 40.5 Å². The number of hydrogen-bond acceptors (Lipinski definition) is 2. The molecule has 0 aliphatic heterocycles. The van der Waals surface area contributed by atoms with Crippen LogP contribution in [-0.2, 0) is 6.42 Å². The Morgan fingerprint density at radius 1 is 1.32 bits per heavy atom. The summed E-state index contributed by atoms with van der Waals surface area (Å²) in [5.74, 6) is 0.904. The number of aromatic amines is 1. The molecule has 1 aromatic carbocycles. The lowest BCUT2D eigenvalue weighted by Crippen LogP contribution is -2.40. The molecule has 0 aliphatic rings. The molecule has 19 heavy (non-hydrogen) atoms. The summed E-state index contributed by atoms with van der Waals surface area (Å²) in [7, 11) is 0. The number of nitrogens with zero attached hydrogens (tertiary/aromatic N) is 2. The third-order valence-electron chi connectivity index (χ3n) is 3.13. The SMILES string of the molecule is CCN(CC)C(=O)NCCc1nc2ccccc2[nH]1. The lowest BCUT2D eigenvalue weighted by atomic mass is 10.3. The fourth-order valence-corrected chi connectivity index (χ4v) is 2.03. The molecule has 2 amide bonds. The number of fused-ring (bicyclic) bond motifs is 1. The van der Waals surface area contributed by atoms with Gasteiger partial charge in [-0.15, -0.1) is 0 Å². The Morgan fingerprint density at radius 2 is 2.05 bits per heavy atom. The molecule has 102 valence electrons. The fourth-order valence-electron chi connectivity index (χ4n) is 2.03. The third-order valence-corrected chi connectivity index (χ3v) is 3.13. The summed E-state index contributed by atoms with van der Waals surface area (Å²) in [4.78, 5) is 21.2. The molecule has 0 radical (unpaired) electrons. The minimum absolute atomic E-state index is 0.0129. The Bertz CT molecular complexity index is 512. The smallest absolute Gasteiger partial charge is 0.317 e. The van der Waals surface area contributed by atoms with Crippen molar-refractivity contribution < 1.29 is 4.79 Å². The Morgan fingerprint density at radius 3 is 2.74 bits per heavy atom. The van der Waals surface area contributed by atoms with Crippen molar-refractivity contribution in [1.82, 2.24) is 20.2 Å². The lowest BCUT2D eigenvalue weighted by Gasteiger charge is -2.18. The second kappa shape index (κ2) is 6.22. The molecule has 1 aromatic heterocycles. The second-order valence-corrected chi connectivity index (χ2v) is 4.35. The normalized spacial score (nSPS) is 10.6. The summed E-state index contributed by atoms with van der Waals surface area (Å²) in [5, 5.41) is 2.90. The number of para-hydroxylation sites is 2. The van der Waals surface area contributed by atoms with E-state index in [4.69, 9.17) is 0 Å². The zero-order valence-corrected chi connectivity index (χ0v) is 11.4. The number of carbonyl (C=O) groups excluding carboxylic acids is 1. The fraction of sp³-hybridized carbons (Fsp3) is 0.429. The van der Waals surface area contributed by atoms with Crippen molar-refractivity contribution in [2.45, 2.75) is 20.3 Å². The van der Waals surface area contributed by atoms with Crippen LogP contribution in [0.15, 0.2) is 24.3 Å². The zero-order valence-electron chi connectivity index (χ0n) is 11.4. The molecule has 0 saturated carbocycles. The summed E-state index contributed by atoms with van der Waals surface area (Å²) >= 11 is 0. The number of imidazole rings is 1. The van der Waals surface area contributed by atoms with E-state index in [1.807, 2.05) is 38.1 Å². The van der Waals surface area contributed by atoms with E-state index < -0.39 is 0 Å². The number of urea groups is 1. The molecular weight excluding hydrogens is 240 g/mol. The second-order valence-electron chi connectivity index (χ2n) is 4.35. The number of hydrogen-bond donors (Lipinski definition) is 2. The summed E-state index contributed by atoms with van der Waals surface area (Å²) in [5.41, 5.74) is 2.00. The number of aromatic nitrogens is 2. The zero-order chi connectivity index (χ0) is 13.7. The average molecular weight is 260 g/mol. The number of H-pyrrole nitrogens is 1. The molecule has 1 heterocycles. The van der Waals surface area contributed by atoms with Crippen LogP contribution in [0.25, 0.3) is 11.0 Å². The molecule has 0 fully saturated rings. The Balaban J connectivity index is 1.87. The highest BCUT2D eigenvalue weighted by molar-refractivity contribution is 5.75. The molecule has 5 heteroatoms. The van der Waals surface area contributed by atoms with Gasteiger partial charge in [-0.1, -0.05) is 12.1 Å². The predicted octanol–water partition coefficient (Wildman–Crippen LogP) is 2.16. The van der Waals surface area contributed by atoms with E-state index in [9.17, 15) is 4.79 Å².